The maximum Gasteiger partial charge on any atom is 0.325 e. The summed E-state index contributed by atoms with van der Waals surface area (Å²) in [4.78, 5) is 40.9. The Hall–Kier alpha value is -3.13. The van der Waals surface area contributed by atoms with E-state index in [1.807, 2.05) is 38.1 Å². The first-order valence-electron chi connectivity index (χ1n) is 12.0. The maximum absolute atomic E-state index is 13.6. The Morgan fingerprint density at radius 3 is 2.79 bits per heavy atom. The Morgan fingerprint density at radius 1 is 1.24 bits per heavy atom. The molecule has 0 bridgehead atoms. The van der Waals surface area contributed by atoms with Gasteiger partial charge in [0.2, 0.25) is 0 Å². The third kappa shape index (κ3) is 3.60. The Bertz CT molecular complexity index is 1160. The highest BCUT2D eigenvalue weighted by atomic mass is 16.5. The number of hydrogen-bond donors (Lipinski definition) is 1. The van der Waals surface area contributed by atoms with Gasteiger partial charge in [-0.05, 0) is 75.3 Å². The SMILES string of the molecule is COc1ccc2c(c1)CCC[C@@]21NC(=O)N(CC(=O)c2cc(C)n(C[C@@H]3CCCO3)c2C)C1=O. The topological polar surface area (TPSA) is 89.9 Å². The maximum atomic E-state index is 13.6. The molecule has 180 valence electrons. The number of Topliss-reactive ketones (excluding diaryl/α,β-unsaturated/α-hetero) is 1. The van der Waals surface area contributed by atoms with Crippen LogP contribution in [-0.4, -0.2) is 53.6 Å². The van der Waals surface area contributed by atoms with Gasteiger partial charge in [-0.1, -0.05) is 6.07 Å². The molecule has 2 atom stereocenters. The van der Waals surface area contributed by atoms with Crippen molar-refractivity contribution in [1.29, 1.82) is 0 Å². The summed E-state index contributed by atoms with van der Waals surface area (Å²) in [6.45, 7) is 5.08. The van der Waals surface area contributed by atoms with Crippen molar-refractivity contribution >= 4 is 17.7 Å². The summed E-state index contributed by atoms with van der Waals surface area (Å²) in [5.74, 6) is 0.126. The van der Waals surface area contributed by atoms with E-state index in [-0.39, 0.29) is 24.3 Å². The normalized spacial score (nSPS) is 24.0. The van der Waals surface area contributed by atoms with Crippen molar-refractivity contribution in [3.05, 3.63) is 52.3 Å². The van der Waals surface area contributed by atoms with E-state index in [0.717, 1.165) is 65.5 Å². The van der Waals surface area contributed by atoms with E-state index >= 15 is 0 Å². The Labute approximate surface area is 199 Å². The van der Waals surface area contributed by atoms with Gasteiger partial charge in [0.1, 0.15) is 11.3 Å². The number of rotatable bonds is 6. The number of aryl methyl sites for hydroxylation is 2. The first-order chi connectivity index (χ1) is 16.3. The minimum absolute atomic E-state index is 0.156. The molecule has 34 heavy (non-hydrogen) atoms. The fraction of sp³-hybridized carbons (Fsp3) is 0.500. The van der Waals surface area contributed by atoms with Crippen LogP contribution in [0.2, 0.25) is 0 Å². The molecule has 1 spiro atoms. The zero-order chi connectivity index (χ0) is 24.0. The fourth-order valence-electron chi connectivity index (χ4n) is 5.71. The second kappa shape index (κ2) is 8.58. The van der Waals surface area contributed by atoms with Crippen LogP contribution in [0.1, 0.15) is 58.6 Å². The Kier molecular flexibility index (Phi) is 5.72. The van der Waals surface area contributed by atoms with Crippen LogP contribution in [0, 0.1) is 13.8 Å². The van der Waals surface area contributed by atoms with Gasteiger partial charge in [-0.25, -0.2) is 4.79 Å². The molecule has 1 aromatic carbocycles. The van der Waals surface area contributed by atoms with Crippen LogP contribution in [0.3, 0.4) is 0 Å². The highest BCUT2D eigenvalue weighted by Crippen LogP contribution is 2.41. The van der Waals surface area contributed by atoms with E-state index < -0.39 is 11.6 Å². The average Bonchev–Trinajstić information content (AvgIpc) is 3.50. The highest BCUT2D eigenvalue weighted by Gasteiger charge is 2.54. The molecule has 2 saturated heterocycles. The third-order valence-corrected chi connectivity index (χ3v) is 7.53. The van der Waals surface area contributed by atoms with Gasteiger partial charge >= 0.3 is 6.03 Å². The number of carbonyl (C=O) groups excluding carboxylic acids is 3. The molecule has 8 nitrogen and oxygen atoms in total. The van der Waals surface area contributed by atoms with Crippen LogP contribution >= 0.6 is 0 Å². The van der Waals surface area contributed by atoms with Crippen molar-refractivity contribution < 1.29 is 23.9 Å². The van der Waals surface area contributed by atoms with Gasteiger partial charge in [-0.15, -0.1) is 0 Å². The molecule has 0 radical (unpaired) electrons. The zero-order valence-corrected chi connectivity index (χ0v) is 20.0. The van der Waals surface area contributed by atoms with Gasteiger partial charge in [-0.2, -0.15) is 0 Å². The average molecular weight is 466 g/mol. The number of aromatic nitrogens is 1. The van der Waals surface area contributed by atoms with Gasteiger partial charge in [0.15, 0.2) is 5.78 Å². The molecule has 2 aromatic rings. The number of nitrogens with zero attached hydrogens (tertiary/aromatic N) is 2. The van der Waals surface area contributed by atoms with Crippen molar-refractivity contribution in [2.45, 2.75) is 64.1 Å². The smallest absolute Gasteiger partial charge is 0.325 e. The first kappa shape index (κ1) is 22.7. The number of fused-ring (bicyclic) bond motifs is 2. The summed E-state index contributed by atoms with van der Waals surface area (Å²) < 4.78 is 13.2. The first-order valence-corrected chi connectivity index (χ1v) is 12.0. The summed E-state index contributed by atoms with van der Waals surface area (Å²) in [6.07, 6.45) is 4.31. The molecule has 8 heteroatoms. The molecule has 3 heterocycles. The van der Waals surface area contributed by atoms with Crippen molar-refractivity contribution in [1.82, 2.24) is 14.8 Å². The lowest BCUT2D eigenvalue weighted by molar-refractivity contribution is -0.131. The van der Waals surface area contributed by atoms with Gasteiger partial charge in [0.25, 0.3) is 5.91 Å². The predicted molar refractivity (Wildman–Crippen MR) is 125 cm³/mol. The second-order valence-electron chi connectivity index (χ2n) is 9.56. The van der Waals surface area contributed by atoms with Crippen molar-refractivity contribution in [2.75, 3.05) is 20.3 Å². The molecule has 1 aromatic heterocycles. The van der Waals surface area contributed by atoms with E-state index in [1.165, 1.54) is 0 Å². The van der Waals surface area contributed by atoms with Crippen molar-refractivity contribution in [3.8, 4) is 5.75 Å². The fourth-order valence-corrected chi connectivity index (χ4v) is 5.71. The van der Waals surface area contributed by atoms with E-state index in [4.69, 9.17) is 9.47 Å². The number of ketones is 1. The van der Waals surface area contributed by atoms with E-state index in [0.29, 0.717) is 18.5 Å². The summed E-state index contributed by atoms with van der Waals surface area (Å²) in [7, 11) is 1.61. The Balaban J connectivity index is 1.38. The van der Waals surface area contributed by atoms with E-state index in [1.54, 1.807) is 7.11 Å². The van der Waals surface area contributed by atoms with E-state index in [2.05, 4.69) is 9.88 Å². The summed E-state index contributed by atoms with van der Waals surface area (Å²) in [5, 5.41) is 2.92. The largest absolute Gasteiger partial charge is 0.497 e. The number of ether oxygens (including phenoxy) is 2. The van der Waals surface area contributed by atoms with Gasteiger partial charge in [-0.3, -0.25) is 14.5 Å². The quantitative estimate of drug-likeness (QED) is 0.523. The summed E-state index contributed by atoms with van der Waals surface area (Å²) in [5.41, 5.74) is 3.03. The monoisotopic (exact) mass is 465 g/mol. The number of methoxy groups -OCH3 is 1. The van der Waals surface area contributed by atoms with Crippen LogP contribution in [0.5, 0.6) is 5.75 Å². The molecule has 1 aliphatic carbocycles. The van der Waals surface area contributed by atoms with Gasteiger partial charge in [0, 0.05) is 30.1 Å². The van der Waals surface area contributed by atoms with Crippen molar-refractivity contribution in [2.24, 2.45) is 0 Å². The highest BCUT2D eigenvalue weighted by molar-refractivity contribution is 6.12. The summed E-state index contributed by atoms with van der Waals surface area (Å²) >= 11 is 0. The molecule has 0 saturated carbocycles. The molecular formula is C26H31N3O5. The zero-order valence-electron chi connectivity index (χ0n) is 20.0. The molecule has 3 amide bonds. The second-order valence-corrected chi connectivity index (χ2v) is 9.56. The molecule has 0 unspecified atom stereocenters. The molecule has 2 aliphatic heterocycles. The number of amides is 3. The Morgan fingerprint density at radius 2 is 2.06 bits per heavy atom. The lowest BCUT2D eigenvalue weighted by Gasteiger charge is -2.33. The molecule has 5 rings (SSSR count). The van der Waals surface area contributed by atoms with Gasteiger partial charge in [0.05, 0.1) is 19.8 Å². The predicted octanol–water partition coefficient (Wildman–Crippen LogP) is 3.26. The number of urea groups is 1. The van der Waals surface area contributed by atoms with Crippen LogP contribution < -0.4 is 10.1 Å². The van der Waals surface area contributed by atoms with Gasteiger partial charge < -0.3 is 19.4 Å². The number of nitrogens with one attached hydrogen (secondary N) is 1. The molecule has 3 aliphatic rings. The molecule has 1 N–H and O–H groups in total. The minimum Gasteiger partial charge on any atom is -0.497 e. The van der Waals surface area contributed by atoms with E-state index in [9.17, 15) is 14.4 Å². The number of hydrogen-bond acceptors (Lipinski definition) is 5. The lowest BCUT2D eigenvalue weighted by Crippen LogP contribution is -2.46. The minimum atomic E-state index is -1.12. The van der Waals surface area contributed by atoms with Crippen LogP contribution in [-0.2, 0) is 28.0 Å². The number of benzene rings is 1. The third-order valence-electron chi connectivity index (χ3n) is 7.53. The molecule has 2 fully saturated rings. The van der Waals surface area contributed by atoms with Crippen LogP contribution in [0.25, 0.3) is 0 Å². The number of carbonyl (C=O) groups is 3. The van der Waals surface area contributed by atoms with Crippen molar-refractivity contribution in [3.63, 3.8) is 0 Å². The lowest BCUT2D eigenvalue weighted by atomic mass is 9.76. The summed E-state index contributed by atoms with van der Waals surface area (Å²) in [6, 6.07) is 6.92. The van der Waals surface area contributed by atoms with Crippen LogP contribution in [0.4, 0.5) is 4.79 Å². The van der Waals surface area contributed by atoms with Crippen LogP contribution in [0.15, 0.2) is 24.3 Å². The standard InChI is InChI=1S/C26H31N3O5/c1-16-12-21(17(2)28(16)14-20-7-5-11-34-20)23(30)15-29-24(31)26(27-25(29)32)10-4-6-18-13-19(33-3)8-9-22(18)26/h8-9,12-13,20H,4-7,10-11,14-15H2,1-3H3,(H,27,32)/t20-,26+/m0/s1. The molecular weight excluding hydrogens is 434 g/mol. The number of imide groups is 1.